The van der Waals surface area contributed by atoms with Crippen LogP contribution in [0.3, 0.4) is 0 Å². The first kappa shape index (κ1) is 41.0. The Kier molecular flexibility index (Phi) is 17.1. The zero-order chi connectivity index (χ0) is 37.3. The van der Waals surface area contributed by atoms with Crippen molar-refractivity contribution in [1.29, 1.82) is 0 Å². The molecule has 4 rings (SSSR count). The van der Waals surface area contributed by atoms with Gasteiger partial charge in [0.25, 0.3) is 0 Å². The van der Waals surface area contributed by atoms with E-state index in [1.165, 1.54) is 82.4 Å². The third-order valence-electron chi connectivity index (χ3n) is 9.64. The molecule has 284 valence electrons. The molecule has 2 aromatic carbocycles. The summed E-state index contributed by atoms with van der Waals surface area (Å²) >= 11 is 1.49. The molecule has 2 heterocycles. The Hall–Kier alpha value is -3.72. The summed E-state index contributed by atoms with van der Waals surface area (Å²) in [6, 6.07) is 13.9. The molecular weight excluding hydrogens is 671 g/mol. The van der Waals surface area contributed by atoms with E-state index in [0.717, 1.165) is 46.6 Å². The van der Waals surface area contributed by atoms with Gasteiger partial charge in [-0.15, -0.1) is 0 Å². The van der Waals surface area contributed by atoms with E-state index in [1.807, 2.05) is 57.2 Å². The first-order chi connectivity index (χ1) is 25.3. The van der Waals surface area contributed by atoms with E-state index in [2.05, 4.69) is 23.3 Å². The Morgan fingerprint density at radius 3 is 2.10 bits per heavy atom. The van der Waals surface area contributed by atoms with Crippen LogP contribution in [0.4, 0.5) is 0 Å². The van der Waals surface area contributed by atoms with Crippen LogP contribution in [0.15, 0.2) is 70.2 Å². The fraction of sp³-hybridized carbons (Fsp3) is 0.558. The number of allylic oxidation sites excluding steroid dienone is 1. The van der Waals surface area contributed by atoms with Gasteiger partial charge in [-0.2, -0.15) is 0 Å². The van der Waals surface area contributed by atoms with Gasteiger partial charge in [0.05, 0.1) is 47.9 Å². The van der Waals surface area contributed by atoms with Crippen molar-refractivity contribution in [3.05, 3.63) is 76.1 Å². The van der Waals surface area contributed by atoms with Crippen LogP contribution in [0.2, 0.25) is 0 Å². The maximum atomic E-state index is 14.2. The minimum atomic E-state index is -0.744. The van der Waals surface area contributed by atoms with Crippen LogP contribution >= 0.6 is 11.8 Å². The van der Waals surface area contributed by atoms with E-state index >= 15 is 0 Å². The molecule has 0 amide bonds. The highest BCUT2D eigenvalue weighted by Crippen LogP contribution is 2.45. The summed E-state index contributed by atoms with van der Waals surface area (Å²) in [6.45, 7) is 9.82. The number of hydrogen-bond acceptors (Lipinski definition) is 8. The van der Waals surface area contributed by atoms with Crippen LogP contribution in [-0.2, 0) is 25.5 Å². The zero-order valence-corrected chi connectivity index (χ0v) is 33.2. The molecule has 3 aromatic rings. The average Bonchev–Trinajstić information content (AvgIpc) is 3.55. The number of aromatic amines is 1. The molecule has 0 aliphatic carbocycles. The van der Waals surface area contributed by atoms with Crippen LogP contribution in [0, 0.1) is 0 Å². The molecule has 1 unspecified atom stereocenters. The maximum absolute atomic E-state index is 14.2. The van der Waals surface area contributed by atoms with Gasteiger partial charge in [-0.05, 0) is 64.3 Å². The summed E-state index contributed by atoms with van der Waals surface area (Å²) in [5.74, 6) is -0.650. The quantitative estimate of drug-likeness (QED) is 0.0564. The molecule has 0 fully saturated rings. The van der Waals surface area contributed by atoms with Gasteiger partial charge >= 0.3 is 11.9 Å². The largest absolute Gasteiger partial charge is 0.496 e. The van der Waals surface area contributed by atoms with Crippen molar-refractivity contribution in [2.75, 3.05) is 19.5 Å². The third-order valence-corrected chi connectivity index (χ3v) is 10.5. The first-order valence-corrected chi connectivity index (χ1v) is 20.6. The number of carbonyl (C=O) groups is 2. The van der Waals surface area contributed by atoms with Gasteiger partial charge in [-0.25, -0.2) is 14.6 Å². The van der Waals surface area contributed by atoms with Crippen molar-refractivity contribution < 1.29 is 23.8 Å². The number of esters is 2. The summed E-state index contributed by atoms with van der Waals surface area (Å²) in [5.41, 5.74) is 5.79. The number of ether oxygens (including phenoxy) is 3. The second-order valence-corrected chi connectivity index (χ2v) is 15.0. The fourth-order valence-electron chi connectivity index (χ4n) is 7.08. The van der Waals surface area contributed by atoms with Crippen LogP contribution in [0.1, 0.15) is 135 Å². The Morgan fingerprint density at radius 2 is 1.48 bits per heavy atom. The van der Waals surface area contributed by atoms with Gasteiger partial charge in [0.2, 0.25) is 0 Å². The molecule has 0 radical (unpaired) electrons. The molecule has 0 spiro atoms. The highest BCUT2D eigenvalue weighted by molar-refractivity contribution is 7.99. The summed E-state index contributed by atoms with van der Waals surface area (Å²) in [7, 11) is 1.64. The zero-order valence-electron chi connectivity index (χ0n) is 32.4. The van der Waals surface area contributed by atoms with E-state index in [-0.39, 0.29) is 12.7 Å². The predicted octanol–water partition coefficient (Wildman–Crippen LogP) is 10.7. The van der Waals surface area contributed by atoms with Crippen LogP contribution in [0.5, 0.6) is 5.75 Å². The predicted molar refractivity (Wildman–Crippen MR) is 213 cm³/mol. The van der Waals surface area contributed by atoms with E-state index in [4.69, 9.17) is 19.2 Å². The number of methoxy groups -OCH3 is 1. The normalized spacial score (nSPS) is 14.6. The number of aryl methyl sites for hydroxylation is 1. The molecule has 0 saturated carbocycles. The lowest BCUT2D eigenvalue weighted by molar-refractivity contribution is -0.143. The second kappa shape index (κ2) is 21.7. The number of para-hydroxylation sites is 2. The number of carbonyl (C=O) groups excluding carboxylic acids is 2. The number of nitrogens with one attached hydrogen (secondary N) is 2. The number of unbranched alkanes of at least 4 members (excludes halogenated alkanes) is 12. The number of benzene rings is 2. The fourth-order valence-corrected chi connectivity index (χ4v) is 7.94. The Balaban J connectivity index is 1.58. The third kappa shape index (κ3) is 11.6. The second-order valence-electron chi connectivity index (χ2n) is 14.0. The highest BCUT2D eigenvalue weighted by atomic mass is 32.2. The van der Waals surface area contributed by atoms with E-state index in [1.54, 1.807) is 14.0 Å². The SMILES string of the molecule is CCCCCCCCCCCCCCCc1cccc(OC)c1C1C(C(=O)OCC)=C(C)NC(CSc2nc3ccccc3[nH]2)=C1C(=O)OC(C)C. The van der Waals surface area contributed by atoms with Crippen molar-refractivity contribution in [1.82, 2.24) is 15.3 Å². The lowest BCUT2D eigenvalue weighted by Crippen LogP contribution is -2.35. The minimum absolute atomic E-state index is 0.213. The van der Waals surface area contributed by atoms with Crippen molar-refractivity contribution in [2.45, 2.75) is 142 Å². The van der Waals surface area contributed by atoms with E-state index in [9.17, 15) is 9.59 Å². The maximum Gasteiger partial charge on any atom is 0.337 e. The molecule has 0 bridgehead atoms. The van der Waals surface area contributed by atoms with Crippen molar-refractivity contribution in [3.63, 3.8) is 0 Å². The smallest absolute Gasteiger partial charge is 0.337 e. The summed E-state index contributed by atoms with van der Waals surface area (Å²) in [4.78, 5) is 36.1. The molecule has 8 nitrogen and oxygen atoms in total. The summed E-state index contributed by atoms with van der Waals surface area (Å²) in [6.07, 6.45) is 17.2. The topological polar surface area (TPSA) is 103 Å². The lowest BCUT2D eigenvalue weighted by Gasteiger charge is -2.33. The monoisotopic (exact) mass is 731 g/mol. The number of aromatic nitrogens is 2. The number of imidazole rings is 1. The molecule has 1 aliphatic rings. The van der Waals surface area contributed by atoms with E-state index in [0.29, 0.717) is 34.0 Å². The van der Waals surface area contributed by atoms with Gasteiger partial charge in [0.1, 0.15) is 5.75 Å². The number of thioether (sulfide) groups is 1. The van der Waals surface area contributed by atoms with Crippen molar-refractivity contribution in [2.24, 2.45) is 0 Å². The van der Waals surface area contributed by atoms with Crippen molar-refractivity contribution in [3.8, 4) is 5.75 Å². The van der Waals surface area contributed by atoms with Crippen LogP contribution < -0.4 is 10.1 Å². The van der Waals surface area contributed by atoms with Gasteiger partial charge in [-0.3, -0.25) is 0 Å². The molecule has 1 aromatic heterocycles. The summed E-state index contributed by atoms with van der Waals surface area (Å²) < 4.78 is 17.5. The number of dihydropyridines is 1. The van der Waals surface area contributed by atoms with Gasteiger partial charge < -0.3 is 24.5 Å². The molecular formula is C43H61N3O5S. The Morgan fingerprint density at radius 1 is 0.827 bits per heavy atom. The highest BCUT2D eigenvalue weighted by Gasteiger charge is 2.41. The first-order valence-electron chi connectivity index (χ1n) is 19.6. The molecule has 1 atom stereocenters. The number of nitrogens with zero attached hydrogens (tertiary/aromatic N) is 1. The molecule has 9 heteroatoms. The van der Waals surface area contributed by atoms with Gasteiger partial charge in [0.15, 0.2) is 5.16 Å². The average molecular weight is 732 g/mol. The van der Waals surface area contributed by atoms with Crippen LogP contribution in [-0.4, -0.2) is 47.5 Å². The molecule has 1 aliphatic heterocycles. The van der Waals surface area contributed by atoms with E-state index < -0.39 is 17.9 Å². The van der Waals surface area contributed by atoms with Gasteiger partial charge in [0, 0.05) is 22.7 Å². The molecule has 52 heavy (non-hydrogen) atoms. The minimum Gasteiger partial charge on any atom is -0.496 e. The standard InChI is InChI=1S/C43H61N3O5S/c1-7-9-10-11-12-13-14-15-16-17-18-19-20-24-32-25-23-28-36(49-6)38(32)40-37(41(47)50-8-2)31(5)44-35(39(40)42(48)51-30(3)4)29-52-43-45-33-26-21-22-27-34(33)46-43/h21-23,25-28,30,40,44H,7-20,24,29H2,1-6H3,(H,45,46). The molecule has 0 saturated heterocycles. The van der Waals surface area contributed by atoms with Crippen LogP contribution in [0.25, 0.3) is 11.0 Å². The van der Waals surface area contributed by atoms with Crippen molar-refractivity contribution >= 4 is 34.7 Å². The Bertz CT molecular complexity index is 1630. The Labute approximate surface area is 315 Å². The lowest BCUT2D eigenvalue weighted by atomic mass is 9.77. The number of H-pyrrole nitrogens is 1. The number of rotatable bonds is 23. The molecule has 2 N–H and O–H groups in total. The number of fused-ring (bicyclic) bond motifs is 1. The van der Waals surface area contributed by atoms with Gasteiger partial charge in [-0.1, -0.05) is 120 Å². The summed E-state index contributed by atoms with van der Waals surface area (Å²) in [5, 5.41) is 4.16. The number of hydrogen-bond donors (Lipinski definition) is 2.